The summed E-state index contributed by atoms with van der Waals surface area (Å²) in [6, 6.07) is 6.82. The molecule has 0 radical (unpaired) electrons. The zero-order valence-corrected chi connectivity index (χ0v) is 18.3. The summed E-state index contributed by atoms with van der Waals surface area (Å²) in [6.07, 6.45) is -0.0534. The van der Waals surface area contributed by atoms with E-state index in [9.17, 15) is 19.2 Å². The monoisotopic (exact) mass is 444 g/mol. The smallest absolute Gasteiger partial charge is 0.325 e. The molecule has 3 heterocycles. The molecule has 2 fully saturated rings. The second kappa shape index (κ2) is 8.68. The summed E-state index contributed by atoms with van der Waals surface area (Å²) >= 11 is 0. The van der Waals surface area contributed by atoms with Crippen molar-refractivity contribution in [2.75, 3.05) is 39.3 Å². The molecule has 0 spiro atoms. The zero-order valence-electron chi connectivity index (χ0n) is 18.3. The topological polar surface area (TPSA) is 108 Å². The highest BCUT2D eigenvalue weighted by molar-refractivity contribution is 6.06. The van der Waals surface area contributed by atoms with E-state index >= 15 is 0 Å². The molecule has 0 bridgehead atoms. The van der Waals surface area contributed by atoms with Crippen LogP contribution < -0.4 is 14.8 Å². The van der Waals surface area contributed by atoms with E-state index in [2.05, 4.69) is 5.32 Å². The number of fused-ring (bicyclic) bond motifs is 1. The number of amides is 5. The van der Waals surface area contributed by atoms with Gasteiger partial charge in [0.05, 0.1) is 0 Å². The molecule has 1 aromatic carbocycles. The Kier molecular flexibility index (Phi) is 5.94. The third-order valence-corrected chi connectivity index (χ3v) is 5.94. The van der Waals surface area contributed by atoms with Crippen LogP contribution in [0, 0.1) is 0 Å². The van der Waals surface area contributed by atoms with Gasteiger partial charge in [0, 0.05) is 39.1 Å². The molecular weight excluding hydrogens is 416 g/mol. The van der Waals surface area contributed by atoms with Gasteiger partial charge in [0.2, 0.25) is 12.0 Å². The number of ether oxygens (including phenoxy) is 2. The summed E-state index contributed by atoms with van der Waals surface area (Å²) in [5.41, 5.74) is -0.904. The summed E-state index contributed by atoms with van der Waals surface area (Å²) in [5.74, 6) is 0.712. The number of imide groups is 1. The van der Waals surface area contributed by atoms with Crippen LogP contribution in [0.1, 0.15) is 26.7 Å². The van der Waals surface area contributed by atoms with E-state index in [0.29, 0.717) is 44.1 Å². The molecule has 0 aromatic heterocycles. The maximum Gasteiger partial charge on any atom is 0.325 e. The fraction of sp³-hybridized carbons (Fsp3) is 0.545. The normalized spacial score (nSPS) is 22.1. The molecule has 2 saturated heterocycles. The van der Waals surface area contributed by atoms with Gasteiger partial charge in [0.25, 0.3) is 11.8 Å². The van der Waals surface area contributed by atoms with Crippen molar-refractivity contribution in [2.24, 2.45) is 0 Å². The molecular formula is C22H28N4O6. The largest absolute Gasteiger partial charge is 0.485 e. The van der Waals surface area contributed by atoms with Crippen molar-refractivity contribution in [3.8, 4) is 11.5 Å². The van der Waals surface area contributed by atoms with Gasteiger partial charge in [0.1, 0.15) is 12.1 Å². The SMILES string of the molecule is CC1(C)NC(=O)N(CCCC(=O)N2CCN(C(=O)[C@H]3COc4ccccc4O3)CC2)C1=O. The summed E-state index contributed by atoms with van der Waals surface area (Å²) in [5, 5.41) is 2.63. The molecule has 0 saturated carbocycles. The first-order valence-electron chi connectivity index (χ1n) is 10.9. The molecule has 32 heavy (non-hydrogen) atoms. The van der Waals surface area contributed by atoms with Crippen molar-refractivity contribution in [3.63, 3.8) is 0 Å². The van der Waals surface area contributed by atoms with Crippen LogP contribution in [0.15, 0.2) is 24.3 Å². The van der Waals surface area contributed by atoms with Crippen molar-refractivity contribution in [1.82, 2.24) is 20.0 Å². The van der Waals surface area contributed by atoms with Crippen molar-refractivity contribution < 1.29 is 28.7 Å². The Morgan fingerprint density at radius 2 is 1.72 bits per heavy atom. The number of nitrogens with zero attached hydrogens (tertiary/aromatic N) is 3. The van der Waals surface area contributed by atoms with Crippen molar-refractivity contribution in [1.29, 1.82) is 0 Å². The lowest BCUT2D eigenvalue weighted by molar-refractivity contribution is -0.146. The summed E-state index contributed by atoms with van der Waals surface area (Å²) in [7, 11) is 0. The van der Waals surface area contributed by atoms with Gasteiger partial charge in [-0.15, -0.1) is 0 Å². The lowest BCUT2D eigenvalue weighted by Gasteiger charge is -2.37. The van der Waals surface area contributed by atoms with Gasteiger partial charge in [-0.3, -0.25) is 19.3 Å². The molecule has 0 unspecified atom stereocenters. The van der Waals surface area contributed by atoms with Crippen LogP contribution in [-0.2, 0) is 14.4 Å². The van der Waals surface area contributed by atoms with Crippen LogP contribution in [0.3, 0.4) is 0 Å². The van der Waals surface area contributed by atoms with Crippen LogP contribution in [-0.4, -0.2) is 89.4 Å². The second-order valence-electron chi connectivity index (χ2n) is 8.69. The summed E-state index contributed by atoms with van der Waals surface area (Å²) in [6.45, 7) is 5.40. The third-order valence-electron chi connectivity index (χ3n) is 5.94. The molecule has 10 heteroatoms. The highest BCUT2D eigenvalue weighted by atomic mass is 16.6. The third kappa shape index (κ3) is 4.35. The minimum Gasteiger partial charge on any atom is -0.485 e. The number of hydrogen-bond donors (Lipinski definition) is 1. The number of nitrogens with one attached hydrogen (secondary N) is 1. The van der Waals surface area contributed by atoms with Gasteiger partial charge < -0.3 is 24.6 Å². The van der Waals surface area contributed by atoms with E-state index in [1.807, 2.05) is 12.1 Å². The van der Waals surface area contributed by atoms with Gasteiger partial charge in [-0.05, 0) is 32.4 Å². The van der Waals surface area contributed by atoms with E-state index in [-0.39, 0.29) is 37.3 Å². The number of hydrogen-bond acceptors (Lipinski definition) is 6. The Balaban J connectivity index is 1.21. The maximum atomic E-state index is 12.8. The predicted octanol–water partition coefficient (Wildman–Crippen LogP) is 0.608. The molecule has 5 amide bonds. The first kappa shape index (κ1) is 21.9. The Hall–Kier alpha value is -3.30. The molecule has 4 rings (SSSR count). The van der Waals surface area contributed by atoms with Crippen molar-refractivity contribution >= 4 is 23.8 Å². The molecule has 1 atom stereocenters. The average molecular weight is 444 g/mol. The van der Waals surface area contributed by atoms with Crippen LogP contribution in [0.4, 0.5) is 4.79 Å². The van der Waals surface area contributed by atoms with Gasteiger partial charge in [-0.25, -0.2) is 4.79 Å². The molecule has 172 valence electrons. The fourth-order valence-electron chi connectivity index (χ4n) is 4.09. The average Bonchev–Trinajstić information content (AvgIpc) is 2.99. The van der Waals surface area contributed by atoms with Gasteiger partial charge in [-0.2, -0.15) is 0 Å². The number of urea groups is 1. The van der Waals surface area contributed by atoms with Gasteiger partial charge >= 0.3 is 6.03 Å². The molecule has 1 aromatic rings. The lowest BCUT2D eigenvalue weighted by atomic mass is 10.1. The van der Waals surface area contributed by atoms with E-state index in [4.69, 9.17) is 9.47 Å². The molecule has 1 N–H and O–H groups in total. The van der Waals surface area contributed by atoms with Crippen molar-refractivity contribution in [3.05, 3.63) is 24.3 Å². The number of piperazine rings is 1. The number of benzene rings is 1. The quantitative estimate of drug-likeness (QED) is 0.667. The maximum absolute atomic E-state index is 12.8. The number of rotatable bonds is 5. The fourth-order valence-corrected chi connectivity index (χ4v) is 4.09. The van der Waals surface area contributed by atoms with E-state index < -0.39 is 17.7 Å². The Labute approximate surface area is 186 Å². The molecule has 0 aliphatic carbocycles. The lowest BCUT2D eigenvalue weighted by Crippen LogP contribution is -2.55. The first-order chi connectivity index (χ1) is 15.3. The number of carbonyl (C=O) groups is 4. The Bertz CT molecular complexity index is 925. The van der Waals surface area contributed by atoms with E-state index in [1.165, 1.54) is 0 Å². The number of carbonyl (C=O) groups excluding carboxylic acids is 4. The van der Waals surface area contributed by atoms with E-state index in [1.54, 1.807) is 35.8 Å². The van der Waals surface area contributed by atoms with Crippen LogP contribution in [0.25, 0.3) is 0 Å². The minimum absolute atomic E-state index is 0.0467. The van der Waals surface area contributed by atoms with Gasteiger partial charge in [-0.1, -0.05) is 12.1 Å². The zero-order chi connectivity index (χ0) is 22.9. The molecule has 3 aliphatic rings. The first-order valence-corrected chi connectivity index (χ1v) is 10.9. The van der Waals surface area contributed by atoms with Crippen LogP contribution in [0.5, 0.6) is 11.5 Å². The van der Waals surface area contributed by atoms with E-state index in [0.717, 1.165) is 4.90 Å². The highest BCUT2D eigenvalue weighted by Crippen LogP contribution is 2.31. The Morgan fingerprint density at radius 1 is 1.06 bits per heavy atom. The summed E-state index contributed by atoms with van der Waals surface area (Å²) < 4.78 is 11.4. The Morgan fingerprint density at radius 3 is 2.38 bits per heavy atom. The predicted molar refractivity (Wildman–Crippen MR) is 113 cm³/mol. The summed E-state index contributed by atoms with van der Waals surface area (Å²) in [4.78, 5) is 54.1. The number of para-hydroxylation sites is 2. The van der Waals surface area contributed by atoms with Crippen LogP contribution >= 0.6 is 0 Å². The second-order valence-corrected chi connectivity index (χ2v) is 8.69. The minimum atomic E-state index is -0.904. The van der Waals surface area contributed by atoms with Gasteiger partial charge in [0.15, 0.2) is 11.5 Å². The highest BCUT2D eigenvalue weighted by Gasteiger charge is 2.43. The van der Waals surface area contributed by atoms with Crippen molar-refractivity contribution in [2.45, 2.75) is 38.3 Å². The standard InChI is InChI=1S/C22H28N4O6/c1-22(2)20(29)26(21(30)23-22)9-5-8-18(27)24-10-12-25(13-11-24)19(28)17-14-31-15-6-3-4-7-16(15)32-17/h3-4,6-7,17H,5,8-14H2,1-2H3,(H,23,30)/t17-/m1/s1. The molecule has 10 nitrogen and oxygen atoms in total. The molecule has 3 aliphatic heterocycles. The van der Waals surface area contributed by atoms with Crippen LogP contribution in [0.2, 0.25) is 0 Å².